The van der Waals surface area contributed by atoms with Crippen molar-refractivity contribution in [2.75, 3.05) is 26.8 Å². The average Bonchev–Trinajstić information content (AvgIpc) is 3.38. The van der Waals surface area contributed by atoms with Gasteiger partial charge in [0.25, 0.3) is 0 Å². The monoisotopic (exact) mass is 440 g/mol. The Morgan fingerprint density at radius 1 is 1.25 bits per heavy atom. The second-order valence-corrected chi connectivity index (χ2v) is 8.67. The van der Waals surface area contributed by atoms with Gasteiger partial charge in [-0.2, -0.15) is 0 Å². The number of hydrogen-bond donors (Lipinski definition) is 2. The third-order valence-corrected chi connectivity index (χ3v) is 6.13. The molecular formula is C24H36N6O2. The summed E-state index contributed by atoms with van der Waals surface area (Å²) in [6.07, 6.45) is 7.79. The third kappa shape index (κ3) is 6.00. The zero-order valence-electron chi connectivity index (χ0n) is 19.4. The van der Waals surface area contributed by atoms with Gasteiger partial charge in [0.2, 0.25) is 0 Å². The van der Waals surface area contributed by atoms with Crippen molar-refractivity contribution >= 4 is 5.96 Å². The maximum atomic E-state index is 6.21. The SMILES string of the molecule is CN=C(NCCCc1nnc2n1CCCCC2)NCc1ccc(C)cc1OC1CCOC1. The number of nitrogens with zero attached hydrogens (tertiary/aromatic N) is 4. The molecule has 1 aromatic carbocycles. The predicted molar refractivity (Wildman–Crippen MR) is 125 cm³/mol. The van der Waals surface area contributed by atoms with Crippen molar-refractivity contribution in [2.45, 2.75) is 71.1 Å². The molecule has 0 bridgehead atoms. The van der Waals surface area contributed by atoms with Crippen LogP contribution in [0.3, 0.4) is 0 Å². The first-order valence-corrected chi connectivity index (χ1v) is 11.9. The van der Waals surface area contributed by atoms with Gasteiger partial charge in [0.05, 0.1) is 13.2 Å². The highest BCUT2D eigenvalue weighted by Gasteiger charge is 2.19. The highest BCUT2D eigenvalue weighted by Crippen LogP contribution is 2.23. The smallest absolute Gasteiger partial charge is 0.191 e. The summed E-state index contributed by atoms with van der Waals surface area (Å²) in [6, 6.07) is 6.34. The maximum absolute atomic E-state index is 6.21. The van der Waals surface area contributed by atoms with E-state index in [0.717, 1.165) is 74.3 Å². The van der Waals surface area contributed by atoms with Gasteiger partial charge >= 0.3 is 0 Å². The van der Waals surface area contributed by atoms with Crippen LogP contribution in [0.15, 0.2) is 23.2 Å². The lowest BCUT2D eigenvalue weighted by molar-refractivity contribution is 0.140. The first-order chi connectivity index (χ1) is 15.7. The Hall–Kier alpha value is -2.61. The topological polar surface area (TPSA) is 85.6 Å². The fourth-order valence-corrected chi connectivity index (χ4v) is 4.29. The molecule has 2 aliphatic rings. The van der Waals surface area contributed by atoms with E-state index in [0.29, 0.717) is 13.2 Å². The van der Waals surface area contributed by atoms with Crippen molar-refractivity contribution in [3.05, 3.63) is 41.0 Å². The number of hydrogen-bond acceptors (Lipinski definition) is 5. The van der Waals surface area contributed by atoms with Gasteiger partial charge in [-0.3, -0.25) is 4.99 Å². The van der Waals surface area contributed by atoms with Crippen LogP contribution in [0.2, 0.25) is 0 Å². The van der Waals surface area contributed by atoms with Crippen LogP contribution in [-0.4, -0.2) is 53.6 Å². The van der Waals surface area contributed by atoms with Crippen LogP contribution in [0.5, 0.6) is 5.75 Å². The molecule has 2 aliphatic heterocycles. The molecule has 8 nitrogen and oxygen atoms in total. The summed E-state index contributed by atoms with van der Waals surface area (Å²) in [5.74, 6) is 3.99. The largest absolute Gasteiger partial charge is 0.488 e. The molecule has 174 valence electrons. The van der Waals surface area contributed by atoms with Gasteiger partial charge in [-0.05, 0) is 37.8 Å². The van der Waals surface area contributed by atoms with Gasteiger partial charge in [0, 0.05) is 51.5 Å². The van der Waals surface area contributed by atoms with Gasteiger partial charge in [-0.25, -0.2) is 0 Å². The number of aromatic nitrogens is 3. The van der Waals surface area contributed by atoms with E-state index < -0.39 is 0 Å². The minimum absolute atomic E-state index is 0.139. The maximum Gasteiger partial charge on any atom is 0.191 e. The normalized spacial score (nSPS) is 18.8. The minimum atomic E-state index is 0.139. The molecule has 2 aromatic rings. The van der Waals surface area contributed by atoms with Gasteiger partial charge in [-0.1, -0.05) is 18.6 Å². The van der Waals surface area contributed by atoms with E-state index in [1.165, 1.54) is 24.8 Å². The lowest BCUT2D eigenvalue weighted by Gasteiger charge is -2.18. The van der Waals surface area contributed by atoms with Gasteiger partial charge < -0.3 is 24.7 Å². The van der Waals surface area contributed by atoms with E-state index >= 15 is 0 Å². The molecule has 4 rings (SSSR count). The molecule has 1 fully saturated rings. The molecule has 2 N–H and O–H groups in total. The number of aryl methyl sites for hydroxylation is 3. The highest BCUT2D eigenvalue weighted by atomic mass is 16.5. The first kappa shape index (κ1) is 22.6. The summed E-state index contributed by atoms with van der Waals surface area (Å²) in [6.45, 7) is 6.07. The summed E-state index contributed by atoms with van der Waals surface area (Å²) in [4.78, 5) is 4.37. The van der Waals surface area contributed by atoms with Crippen LogP contribution in [0.25, 0.3) is 0 Å². The summed E-state index contributed by atoms with van der Waals surface area (Å²) < 4.78 is 14.0. The number of ether oxygens (including phenoxy) is 2. The molecule has 1 unspecified atom stereocenters. The van der Waals surface area contributed by atoms with Crippen molar-refractivity contribution < 1.29 is 9.47 Å². The van der Waals surface area contributed by atoms with Crippen molar-refractivity contribution in [3.63, 3.8) is 0 Å². The Bertz CT molecular complexity index is 904. The Kier molecular flexibility index (Phi) is 7.98. The quantitative estimate of drug-likeness (QED) is 0.373. The summed E-state index contributed by atoms with van der Waals surface area (Å²) in [7, 11) is 1.80. The molecule has 8 heteroatoms. The fourth-order valence-electron chi connectivity index (χ4n) is 4.29. The third-order valence-electron chi connectivity index (χ3n) is 6.13. The second-order valence-electron chi connectivity index (χ2n) is 8.67. The Morgan fingerprint density at radius 3 is 3.03 bits per heavy atom. The molecule has 0 radical (unpaired) electrons. The van der Waals surface area contributed by atoms with E-state index in [1.54, 1.807) is 7.05 Å². The van der Waals surface area contributed by atoms with E-state index in [-0.39, 0.29) is 6.10 Å². The molecule has 3 heterocycles. The Morgan fingerprint density at radius 2 is 2.19 bits per heavy atom. The Labute approximate surface area is 190 Å². The van der Waals surface area contributed by atoms with Crippen LogP contribution in [0.1, 0.15) is 54.9 Å². The molecule has 0 aliphatic carbocycles. The molecule has 1 atom stereocenters. The molecule has 0 saturated carbocycles. The Balaban J connectivity index is 1.25. The zero-order chi connectivity index (χ0) is 22.2. The molecule has 1 saturated heterocycles. The lowest BCUT2D eigenvalue weighted by Crippen LogP contribution is -2.37. The number of nitrogens with one attached hydrogen (secondary N) is 2. The number of guanidine groups is 1. The number of fused-ring (bicyclic) bond motifs is 1. The zero-order valence-corrected chi connectivity index (χ0v) is 19.4. The predicted octanol–water partition coefficient (Wildman–Crippen LogP) is 2.78. The molecular weight excluding hydrogens is 404 g/mol. The minimum Gasteiger partial charge on any atom is -0.488 e. The number of benzene rings is 1. The second kappa shape index (κ2) is 11.3. The van der Waals surface area contributed by atoms with Crippen molar-refractivity contribution in [2.24, 2.45) is 4.99 Å². The van der Waals surface area contributed by atoms with Crippen molar-refractivity contribution in [3.8, 4) is 5.75 Å². The molecule has 0 amide bonds. The molecule has 0 spiro atoms. The fraction of sp³-hybridized carbons (Fsp3) is 0.625. The summed E-state index contributed by atoms with van der Waals surface area (Å²) >= 11 is 0. The van der Waals surface area contributed by atoms with Gasteiger partial charge in [0.15, 0.2) is 5.96 Å². The summed E-state index contributed by atoms with van der Waals surface area (Å²) in [5, 5.41) is 15.7. The van der Waals surface area contributed by atoms with Gasteiger partial charge in [0.1, 0.15) is 23.5 Å². The van der Waals surface area contributed by atoms with Crippen LogP contribution in [-0.2, 0) is 30.7 Å². The van der Waals surface area contributed by atoms with E-state index in [1.807, 2.05) is 0 Å². The van der Waals surface area contributed by atoms with E-state index in [2.05, 4.69) is 55.5 Å². The standard InChI is InChI=1S/C24H36N6O2/c1-18-9-10-19(21(15-18)32-20-11-14-31-17-20)16-27-24(25-2)26-12-6-8-23-29-28-22-7-4-3-5-13-30(22)23/h9-10,15,20H,3-8,11-14,16-17H2,1-2H3,(H2,25,26,27). The summed E-state index contributed by atoms with van der Waals surface area (Å²) in [5.41, 5.74) is 2.31. The van der Waals surface area contributed by atoms with Crippen LogP contribution in [0, 0.1) is 6.92 Å². The first-order valence-electron chi connectivity index (χ1n) is 11.9. The van der Waals surface area contributed by atoms with E-state index in [9.17, 15) is 0 Å². The van der Waals surface area contributed by atoms with Crippen LogP contribution < -0.4 is 15.4 Å². The van der Waals surface area contributed by atoms with Crippen LogP contribution in [0.4, 0.5) is 0 Å². The molecule has 32 heavy (non-hydrogen) atoms. The number of rotatable bonds is 8. The number of aliphatic imine (C=N–C) groups is 1. The van der Waals surface area contributed by atoms with E-state index in [4.69, 9.17) is 9.47 Å². The highest BCUT2D eigenvalue weighted by molar-refractivity contribution is 5.79. The van der Waals surface area contributed by atoms with Crippen molar-refractivity contribution in [1.29, 1.82) is 0 Å². The molecule has 1 aromatic heterocycles. The van der Waals surface area contributed by atoms with Gasteiger partial charge in [-0.15, -0.1) is 10.2 Å². The van der Waals surface area contributed by atoms with Crippen molar-refractivity contribution in [1.82, 2.24) is 25.4 Å². The average molecular weight is 441 g/mol. The van der Waals surface area contributed by atoms with Crippen LogP contribution >= 0.6 is 0 Å². The lowest BCUT2D eigenvalue weighted by atomic mass is 10.1.